The third-order valence-corrected chi connectivity index (χ3v) is 3.34. The molecule has 0 spiro atoms. The molecule has 2 aromatic carbocycles. The Morgan fingerprint density at radius 3 is 2.79 bits per heavy atom. The summed E-state index contributed by atoms with van der Waals surface area (Å²) in [4.78, 5) is 4.77. The molecule has 0 saturated heterocycles. The van der Waals surface area contributed by atoms with E-state index in [1.54, 1.807) is 0 Å². The number of benzene rings is 2. The highest BCUT2D eigenvalue weighted by Crippen LogP contribution is 2.26. The van der Waals surface area contributed by atoms with Gasteiger partial charge in [0.05, 0.1) is 13.2 Å². The zero-order valence-corrected chi connectivity index (χ0v) is 11.1. The van der Waals surface area contributed by atoms with Crippen LogP contribution in [0.4, 0.5) is 0 Å². The van der Waals surface area contributed by atoms with E-state index in [0.29, 0.717) is 0 Å². The van der Waals surface area contributed by atoms with Crippen molar-refractivity contribution in [3.8, 4) is 5.75 Å². The lowest BCUT2D eigenvalue weighted by molar-refractivity contribution is 0.320. The molecule has 1 aliphatic heterocycles. The number of aliphatic imine (C=N–C) groups is 1. The molecule has 0 aromatic heterocycles. The van der Waals surface area contributed by atoms with E-state index in [1.165, 1.54) is 11.1 Å². The second-order valence-corrected chi connectivity index (χ2v) is 4.85. The van der Waals surface area contributed by atoms with Gasteiger partial charge in [-0.2, -0.15) is 0 Å². The summed E-state index contributed by atoms with van der Waals surface area (Å²) >= 11 is 0. The van der Waals surface area contributed by atoms with Gasteiger partial charge in [0.25, 0.3) is 0 Å². The van der Waals surface area contributed by atoms with Crippen molar-refractivity contribution in [3.63, 3.8) is 0 Å². The van der Waals surface area contributed by atoms with Crippen LogP contribution in [-0.2, 0) is 6.54 Å². The third-order valence-electron chi connectivity index (χ3n) is 3.34. The van der Waals surface area contributed by atoms with E-state index in [9.17, 15) is 0 Å². The van der Waals surface area contributed by atoms with Gasteiger partial charge < -0.3 is 4.74 Å². The van der Waals surface area contributed by atoms with Gasteiger partial charge in [0.1, 0.15) is 5.75 Å². The maximum Gasteiger partial charge on any atom is 0.128 e. The van der Waals surface area contributed by atoms with Crippen molar-refractivity contribution < 1.29 is 4.74 Å². The van der Waals surface area contributed by atoms with E-state index in [1.807, 2.05) is 12.1 Å². The van der Waals surface area contributed by atoms with Crippen LogP contribution in [-0.4, -0.2) is 12.3 Å². The highest BCUT2D eigenvalue weighted by Gasteiger charge is 2.16. The van der Waals surface area contributed by atoms with Crippen LogP contribution in [0, 0.1) is 6.92 Å². The number of rotatable bonds is 2. The molecule has 2 nitrogen and oxygen atoms in total. The smallest absolute Gasteiger partial charge is 0.128 e. The first-order valence-electron chi connectivity index (χ1n) is 6.64. The van der Waals surface area contributed by atoms with Crippen LogP contribution in [0.25, 0.3) is 0 Å². The summed E-state index contributed by atoms with van der Waals surface area (Å²) in [5.74, 6) is 0.962. The van der Waals surface area contributed by atoms with Crippen molar-refractivity contribution in [1.29, 1.82) is 0 Å². The fourth-order valence-electron chi connectivity index (χ4n) is 2.32. The summed E-state index contributed by atoms with van der Waals surface area (Å²) in [6.07, 6.45) is 0.892. The Bertz CT molecular complexity index is 602. The predicted octanol–water partition coefficient (Wildman–Crippen LogP) is 3.77. The minimum Gasteiger partial charge on any atom is -0.492 e. The number of hydrogen-bond acceptors (Lipinski definition) is 2. The lowest BCUT2D eigenvalue weighted by atomic mass is 10.0. The summed E-state index contributed by atoms with van der Waals surface area (Å²) in [5.41, 5.74) is 4.81. The van der Waals surface area contributed by atoms with Crippen LogP contribution in [0.2, 0.25) is 0 Å². The second kappa shape index (κ2) is 5.27. The maximum absolute atomic E-state index is 5.68. The molecule has 0 atom stereocenters. The van der Waals surface area contributed by atoms with Crippen molar-refractivity contribution in [2.45, 2.75) is 19.9 Å². The summed E-state index contributed by atoms with van der Waals surface area (Å²) in [5, 5.41) is 0. The normalized spacial score (nSPS) is 15.9. The Labute approximate surface area is 113 Å². The maximum atomic E-state index is 5.68. The van der Waals surface area contributed by atoms with Crippen LogP contribution in [0.5, 0.6) is 5.75 Å². The molecule has 2 aromatic rings. The molecule has 0 unspecified atom stereocenters. The van der Waals surface area contributed by atoms with Crippen molar-refractivity contribution in [2.75, 3.05) is 6.61 Å². The fourth-order valence-corrected chi connectivity index (χ4v) is 2.32. The molecule has 0 aliphatic carbocycles. The molecular formula is C17H17NO. The minimum absolute atomic E-state index is 0.726. The van der Waals surface area contributed by atoms with E-state index < -0.39 is 0 Å². The van der Waals surface area contributed by atoms with E-state index in [0.717, 1.165) is 36.6 Å². The largest absolute Gasteiger partial charge is 0.492 e. The van der Waals surface area contributed by atoms with E-state index in [2.05, 4.69) is 43.3 Å². The molecule has 0 bridgehead atoms. The van der Waals surface area contributed by atoms with Gasteiger partial charge in [0.15, 0.2) is 0 Å². The molecule has 2 heteroatoms. The highest BCUT2D eigenvalue weighted by atomic mass is 16.5. The first-order chi connectivity index (χ1) is 9.33. The zero-order chi connectivity index (χ0) is 13.1. The minimum atomic E-state index is 0.726. The van der Waals surface area contributed by atoms with Gasteiger partial charge in [-0.15, -0.1) is 0 Å². The quantitative estimate of drug-likeness (QED) is 0.796. The topological polar surface area (TPSA) is 21.6 Å². The predicted molar refractivity (Wildman–Crippen MR) is 78.0 cm³/mol. The summed E-state index contributed by atoms with van der Waals surface area (Å²) in [6, 6.07) is 16.7. The molecule has 0 radical (unpaired) electrons. The summed E-state index contributed by atoms with van der Waals surface area (Å²) in [6.45, 7) is 3.57. The van der Waals surface area contributed by atoms with Crippen LogP contribution < -0.4 is 4.74 Å². The molecule has 0 N–H and O–H groups in total. The molecule has 0 saturated carbocycles. The highest BCUT2D eigenvalue weighted by molar-refractivity contribution is 6.03. The van der Waals surface area contributed by atoms with Crippen molar-refractivity contribution in [3.05, 3.63) is 65.2 Å². The molecule has 1 heterocycles. The van der Waals surface area contributed by atoms with Crippen LogP contribution >= 0.6 is 0 Å². The monoisotopic (exact) mass is 251 g/mol. The summed E-state index contributed by atoms with van der Waals surface area (Å²) < 4.78 is 5.68. The Morgan fingerprint density at radius 2 is 1.95 bits per heavy atom. The molecular weight excluding hydrogens is 234 g/mol. The third kappa shape index (κ3) is 2.68. The van der Waals surface area contributed by atoms with Crippen LogP contribution in [0.1, 0.15) is 23.1 Å². The van der Waals surface area contributed by atoms with Crippen molar-refractivity contribution in [1.82, 2.24) is 0 Å². The summed E-state index contributed by atoms with van der Waals surface area (Å²) in [7, 11) is 0. The Morgan fingerprint density at radius 1 is 1.11 bits per heavy atom. The first-order valence-corrected chi connectivity index (χ1v) is 6.64. The van der Waals surface area contributed by atoms with E-state index in [-0.39, 0.29) is 0 Å². The molecule has 19 heavy (non-hydrogen) atoms. The Hall–Kier alpha value is -2.09. The molecule has 96 valence electrons. The lowest BCUT2D eigenvalue weighted by Crippen LogP contribution is -2.16. The van der Waals surface area contributed by atoms with Gasteiger partial charge in [-0.05, 0) is 24.6 Å². The fraction of sp³-hybridized carbons (Fsp3) is 0.235. The Kier molecular flexibility index (Phi) is 3.32. The van der Waals surface area contributed by atoms with Gasteiger partial charge in [-0.1, -0.05) is 42.0 Å². The van der Waals surface area contributed by atoms with Crippen molar-refractivity contribution in [2.24, 2.45) is 4.99 Å². The van der Waals surface area contributed by atoms with Crippen LogP contribution in [0.15, 0.2) is 53.5 Å². The van der Waals surface area contributed by atoms with Gasteiger partial charge in [-0.25, -0.2) is 0 Å². The number of ether oxygens (including phenoxy) is 1. The average molecular weight is 251 g/mol. The molecule has 3 rings (SSSR count). The van der Waals surface area contributed by atoms with Gasteiger partial charge in [0.2, 0.25) is 0 Å². The standard InChI is InChI=1S/C17H17NO/c1-13-7-8-17-15(11-13)16(9-10-19-17)18-12-14-5-3-2-4-6-14/h2-8,11H,9-10,12H2,1H3/b18-16-. The number of hydrogen-bond donors (Lipinski definition) is 0. The van der Waals surface area contributed by atoms with E-state index >= 15 is 0 Å². The van der Waals surface area contributed by atoms with Gasteiger partial charge in [-0.3, -0.25) is 4.99 Å². The SMILES string of the molecule is Cc1ccc2c(c1)/C(=N\Cc1ccccc1)CCO2. The number of fused-ring (bicyclic) bond motifs is 1. The first kappa shape index (κ1) is 12.0. The number of nitrogens with zero attached hydrogens (tertiary/aromatic N) is 1. The van der Waals surface area contributed by atoms with Crippen molar-refractivity contribution >= 4 is 5.71 Å². The Balaban J connectivity index is 1.89. The van der Waals surface area contributed by atoms with Crippen LogP contribution in [0.3, 0.4) is 0 Å². The molecule has 0 amide bonds. The second-order valence-electron chi connectivity index (χ2n) is 4.85. The molecule has 1 aliphatic rings. The zero-order valence-electron chi connectivity index (χ0n) is 11.1. The average Bonchev–Trinajstić information content (AvgIpc) is 2.46. The van der Waals surface area contributed by atoms with E-state index in [4.69, 9.17) is 9.73 Å². The lowest BCUT2D eigenvalue weighted by Gasteiger charge is -2.19. The van der Waals surface area contributed by atoms with Gasteiger partial charge >= 0.3 is 0 Å². The van der Waals surface area contributed by atoms with Gasteiger partial charge in [0, 0.05) is 17.7 Å². The molecule has 0 fully saturated rings. The number of aryl methyl sites for hydroxylation is 1.